The third-order valence-corrected chi connectivity index (χ3v) is 2.08. The van der Waals surface area contributed by atoms with Crippen molar-refractivity contribution in [3.05, 3.63) is 23.9 Å². The van der Waals surface area contributed by atoms with E-state index in [9.17, 15) is 26.3 Å². The second-order valence-corrected chi connectivity index (χ2v) is 3.70. The van der Waals surface area contributed by atoms with Gasteiger partial charge in [-0.25, -0.2) is 0 Å². The van der Waals surface area contributed by atoms with Crippen LogP contribution in [0.4, 0.5) is 26.3 Å². The molecule has 0 atom stereocenters. The zero-order valence-corrected chi connectivity index (χ0v) is 8.78. The van der Waals surface area contributed by atoms with E-state index < -0.39 is 25.4 Å². The first-order valence-corrected chi connectivity index (χ1v) is 4.92. The molecule has 0 aromatic rings. The van der Waals surface area contributed by atoms with Crippen LogP contribution in [0.5, 0.6) is 0 Å². The van der Waals surface area contributed by atoms with Crippen LogP contribution in [0, 0.1) is 0 Å². The summed E-state index contributed by atoms with van der Waals surface area (Å²) in [5.74, 6) is 0. The summed E-state index contributed by atoms with van der Waals surface area (Å²) in [5.41, 5.74) is -0.0223. The summed E-state index contributed by atoms with van der Waals surface area (Å²) in [6.45, 7) is -3.19. The number of allylic oxidation sites excluding steroid dienone is 3. The van der Waals surface area contributed by atoms with E-state index in [1.165, 1.54) is 12.2 Å². The largest absolute Gasteiger partial charge is 0.405 e. The average Bonchev–Trinajstić information content (AvgIpc) is 2.14. The molecular weight excluding hydrogens is 248 g/mol. The molecule has 1 rings (SSSR count). The number of halogens is 6. The van der Waals surface area contributed by atoms with Crippen molar-refractivity contribution in [2.75, 3.05) is 13.1 Å². The molecule has 0 fully saturated rings. The average molecular weight is 259 g/mol. The van der Waals surface area contributed by atoms with E-state index in [0.29, 0.717) is 17.7 Å². The highest BCUT2D eigenvalue weighted by atomic mass is 19.4. The van der Waals surface area contributed by atoms with Crippen LogP contribution in [-0.2, 0) is 0 Å². The van der Waals surface area contributed by atoms with Gasteiger partial charge in [0.05, 0.1) is 0 Å². The zero-order valence-electron chi connectivity index (χ0n) is 8.78. The molecule has 7 heteroatoms. The monoisotopic (exact) mass is 259 g/mol. The molecule has 0 saturated carbocycles. The third kappa shape index (κ3) is 5.65. The van der Waals surface area contributed by atoms with Gasteiger partial charge < -0.3 is 4.90 Å². The van der Waals surface area contributed by atoms with Gasteiger partial charge in [-0.3, -0.25) is 0 Å². The molecule has 1 aliphatic rings. The maximum atomic E-state index is 12.2. The minimum Gasteiger partial charge on any atom is -0.354 e. The van der Waals surface area contributed by atoms with Crippen molar-refractivity contribution in [3.63, 3.8) is 0 Å². The SMILES string of the molecule is FC(F)(F)CN(CC(F)(F)F)C1=CCCC=C1. The first kappa shape index (κ1) is 13.9. The Bertz CT molecular complexity index is 296. The lowest BCUT2D eigenvalue weighted by molar-refractivity contribution is -0.173. The number of rotatable bonds is 3. The number of alkyl halides is 6. The quantitative estimate of drug-likeness (QED) is 0.699. The summed E-state index contributed by atoms with van der Waals surface area (Å²) in [5, 5.41) is 0. The van der Waals surface area contributed by atoms with Gasteiger partial charge in [-0.2, -0.15) is 26.3 Å². The van der Waals surface area contributed by atoms with Gasteiger partial charge in [0.1, 0.15) is 13.1 Å². The Morgan fingerprint density at radius 1 is 0.941 bits per heavy atom. The smallest absolute Gasteiger partial charge is 0.354 e. The van der Waals surface area contributed by atoms with Crippen LogP contribution in [0.15, 0.2) is 23.9 Å². The summed E-state index contributed by atoms with van der Waals surface area (Å²) >= 11 is 0. The molecule has 1 aliphatic carbocycles. The van der Waals surface area contributed by atoms with E-state index in [-0.39, 0.29) is 5.70 Å². The second-order valence-electron chi connectivity index (χ2n) is 3.70. The van der Waals surface area contributed by atoms with Gasteiger partial charge in [0.2, 0.25) is 0 Å². The maximum Gasteiger partial charge on any atom is 0.405 e. The Hall–Kier alpha value is -1.14. The van der Waals surface area contributed by atoms with E-state index in [0.717, 1.165) is 0 Å². The second kappa shape index (κ2) is 5.01. The summed E-state index contributed by atoms with van der Waals surface area (Å²) in [4.78, 5) is 0.301. The maximum absolute atomic E-state index is 12.2. The predicted octanol–water partition coefficient (Wildman–Crippen LogP) is 3.65. The Kier molecular flexibility index (Phi) is 4.11. The summed E-state index contributed by atoms with van der Waals surface area (Å²) < 4.78 is 73.1. The number of hydrogen-bond donors (Lipinski definition) is 0. The molecule has 0 heterocycles. The molecule has 0 bridgehead atoms. The lowest BCUT2D eigenvalue weighted by Crippen LogP contribution is -2.39. The molecular formula is C10H11F6N. The van der Waals surface area contributed by atoms with Crippen molar-refractivity contribution in [1.29, 1.82) is 0 Å². The van der Waals surface area contributed by atoms with Crippen LogP contribution in [0.2, 0.25) is 0 Å². The van der Waals surface area contributed by atoms with Gasteiger partial charge in [-0.15, -0.1) is 0 Å². The highest BCUT2D eigenvalue weighted by Gasteiger charge is 2.37. The minimum absolute atomic E-state index is 0.0223. The summed E-state index contributed by atoms with van der Waals surface area (Å²) in [7, 11) is 0. The van der Waals surface area contributed by atoms with E-state index in [1.807, 2.05) is 0 Å². The highest BCUT2D eigenvalue weighted by molar-refractivity contribution is 5.21. The van der Waals surface area contributed by atoms with Gasteiger partial charge in [0, 0.05) is 5.70 Å². The number of hydrogen-bond acceptors (Lipinski definition) is 1. The number of nitrogens with zero attached hydrogens (tertiary/aromatic N) is 1. The van der Waals surface area contributed by atoms with E-state index in [2.05, 4.69) is 0 Å². The first-order chi connectivity index (χ1) is 7.67. The fraction of sp³-hybridized carbons (Fsp3) is 0.600. The Morgan fingerprint density at radius 3 is 1.82 bits per heavy atom. The Morgan fingerprint density at radius 2 is 1.47 bits per heavy atom. The Labute approximate surface area is 94.4 Å². The molecule has 0 N–H and O–H groups in total. The van der Waals surface area contributed by atoms with Crippen LogP contribution in [-0.4, -0.2) is 30.3 Å². The standard InChI is InChI=1S/C10H11F6N/c11-9(12,13)6-17(7-10(14,15)16)8-4-2-1-3-5-8/h2,4-5H,1,3,6-7H2. The molecule has 0 aromatic carbocycles. The minimum atomic E-state index is -4.66. The molecule has 0 spiro atoms. The third-order valence-electron chi connectivity index (χ3n) is 2.08. The lowest BCUT2D eigenvalue weighted by atomic mass is 10.1. The van der Waals surface area contributed by atoms with Crippen LogP contribution in [0.1, 0.15) is 12.8 Å². The van der Waals surface area contributed by atoms with E-state index in [4.69, 9.17) is 0 Å². The van der Waals surface area contributed by atoms with Crippen molar-refractivity contribution < 1.29 is 26.3 Å². The molecule has 17 heavy (non-hydrogen) atoms. The van der Waals surface area contributed by atoms with E-state index >= 15 is 0 Å². The van der Waals surface area contributed by atoms with Crippen molar-refractivity contribution >= 4 is 0 Å². The lowest BCUT2D eigenvalue weighted by Gasteiger charge is -2.28. The molecule has 0 aliphatic heterocycles. The summed E-state index contributed by atoms with van der Waals surface area (Å²) in [6.07, 6.45) is -3.98. The Balaban J connectivity index is 2.79. The molecule has 0 radical (unpaired) electrons. The molecule has 0 amide bonds. The zero-order chi connectivity index (χ0) is 13.1. The fourth-order valence-electron chi connectivity index (χ4n) is 1.51. The van der Waals surface area contributed by atoms with Crippen molar-refractivity contribution in [3.8, 4) is 0 Å². The van der Waals surface area contributed by atoms with Crippen LogP contribution < -0.4 is 0 Å². The highest BCUT2D eigenvalue weighted by Crippen LogP contribution is 2.26. The van der Waals surface area contributed by atoms with Crippen molar-refractivity contribution in [2.45, 2.75) is 25.2 Å². The van der Waals surface area contributed by atoms with Gasteiger partial charge in [-0.05, 0) is 18.9 Å². The normalized spacial score (nSPS) is 16.9. The van der Waals surface area contributed by atoms with Crippen LogP contribution in [0.25, 0.3) is 0 Å². The van der Waals surface area contributed by atoms with E-state index in [1.54, 1.807) is 6.08 Å². The van der Waals surface area contributed by atoms with Crippen LogP contribution >= 0.6 is 0 Å². The molecule has 1 nitrogen and oxygen atoms in total. The summed E-state index contributed by atoms with van der Waals surface area (Å²) in [6, 6.07) is 0. The van der Waals surface area contributed by atoms with Gasteiger partial charge >= 0.3 is 12.4 Å². The van der Waals surface area contributed by atoms with Gasteiger partial charge in [0.25, 0.3) is 0 Å². The van der Waals surface area contributed by atoms with Gasteiger partial charge in [-0.1, -0.05) is 12.2 Å². The molecule has 0 unspecified atom stereocenters. The van der Waals surface area contributed by atoms with Crippen molar-refractivity contribution in [1.82, 2.24) is 4.90 Å². The molecule has 0 saturated heterocycles. The van der Waals surface area contributed by atoms with Gasteiger partial charge in [0.15, 0.2) is 0 Å². The topological polar surface area (TPSA) is 3.24 Å². The fourth-order valence-corrected chi connectivity index (χ4v) is 1.51. The molecule has 0 aromatic heterocycles. The predicted molar refractivity (Wildman–Crippen MR) is 50.1 cm³/mol. The molecule has 98 valence electrons. The van der Waals surface area contributed by atoms with Crippen LogP contribution in [0.3, 0.4) is 0 Å². The van der Waals surface area contributed by atoms with Crippen molar-refractivity contribution in [2.24, 2.45) is 0 Å². The first-order valence-electron chi connectivity index (χ1n) is 4.92.